The molecule has 1 atom stereocenters. The van der Waals surface area contributed by atoms with Gasteiger partial charge in [0.1, 0.15) is 5.01 Å². The van der Waals surface area contributed by atoms with E-state index in [9.17, 15) is 5.11 Å². The zero-order chi connectivity index (χ0) is 16.2. The van der Waals surface area contributed by atoms with Gasteiger partial charge in [-0.15, -0.1) is 11.3 Å². The molecule has 0 amide bonds. The van der Waals surface area contributed by atoms with E-state index >= 15 is 0 Å². The van der Waals surface area contributed by atoms with E-state index in [1.54, 1.807) is 11.3 Å². The van der Waals surface area contributed by atoms with Crippen LogP contribution in [0.2, 0.25) is 0 Å². The molecule has 2 N–H and O–H groups in total. The first-order valence-corrected chi connectivity index (χ1v) is 9.11. The van der Waals surface area contributed by atoms with Crippen LogP contribution in [0.25, 0.3) is 0 Å². The van der Waals surface area contributed by atoms with Crippen LogP contribution in [0.1, 0.15) is 41.3 Å². The fourth-order valence-electron chi connectivity index (χ4n) is 2.94. The Kier molecular flexibility index (Phi) is 5.30. The lowest BCUT2D eigenvalue weighted by Crippen LogP contribution is -2.35. The number of aromatic nitrogens is 1. The zero-order valence-electron chi connectivity index (χ0n) is 13.8. The Morgan fingerprint density at radius 1 is 1.30 bits per heavy atom. The summed E-state index contributed by atoms with van der Waals surface area (Å²) in [4.78, 5) is 8.00. The van der Waals surface area contributed by atoms with E-state index in [1.807, 2.05) is 6.20 Å². The average Bonchev–Trinajstić information content (AvgIpc) is 2.99. The maximum atomic E-state index is 9.61. The van der Waals surface area contributed by atoms with Crippen molar-refractivity contribution in [2.24, 2.45) is 0 Å². The molecule has 1 aliphatic heterocycles. The number of nitrogens with zero attached hydrogens (tertiary/aromatic N) is 2. The Hall–Kier alpha value is -1.43. The molecule has 3 rings (SSSR count). The predicted octanol–water partition coefficient (Wildman–Crippen LogP) is 3.26. The summed E-state index contributed by atoms with van der Waals surface area (Å²) in [6, 6.07) is 9.09. The molecule has 0 radical (unpaired) electrons. The van der Waals surface area contributed by atoms with Crippen LogP contribution in [0.4, 0.5) is 5.69 Å². The van der Waals surface area contributed by atoms with Gasteiger partial charge in [0, 0.05) is 42.4 Å². The normalized spacial score (nSPS) is 17.4. The van der Waals surface area contributed by atoms with Crippen molar-refractivity contribution in [3.05, 3.63) is 45.9 Å². The number of piperidine rings is 1. The van der Waals surface area contributed by atoms with E-state index < -0.39 is 0 Å². The minimum Gasteiger partial charge on any atom is -0.393 e. The summed E-state index contributed by atoms with van der Waals surface area (Å²) in [6.07, 6.45) is 3.54. The van der Waals surface area contributed by atoms with Crippen LogP contribution in [0.3, 0.4) is 0 Å². The van der Waals surface area contributed by atoms with Gasteiger partial charge in [0.2, 0.25) is 0 Å². The second-order valence-electron chi connectivity index (χ2n) is 6.28. The first-order valence-electron chi connectivity index (χ1n) is 8.29. The van der Waals surface area contributed by atoms with Gasteiger partial charge in [0.15, 0.2) is 0 Å². The first kappa shape index (κ1) is 16.4. The largest absolute Gasteiger partial charge is 0.393 e. The van der Waals surface area contributed by atoms with Gasteiger partial charge in [-0.1, -0.05) is 12.1 Å². The minimum absolute atomic E-state index is 0.121. The third-order valence-corrected chi connectivity index (χ3v) is 5.36. The van der Waals surface area contributed by atoms with Crippen molar-refractivity contribution in [3.63, 3.8) is 0 Å². The average molecular weight is 331 g/mol. The van der Waals surface area contributed by atoms with Crippen molar-refractivity contribution >= 4 is 17.0 Å². The van der Waals surface area contributed by atoms with Crippen LogP contribution in [0.5, 0.6) is 0 Å². The topological polar surface area (TPSA) is 48.4 Å². The summed E-state index contributed by atoms with van der Waals surface area (Å²) in [5, 5.41) is 14.3. The Labute approximate surface area is 142 Å². The monoisotopic (exact) mass is 331 g/mol. The highest BCUT2D eigenvalue weighted by molar-refractivity contribution is 7.11. The van der Waals surface area contributed by atoms with Gasteiger partial charge >= 0.3 is 0 Å². The summed E-state index contributed by atoms with van der Waals surface area (Å²) in [5.41, 5.74) is 2.54. The molecule has 1 aliphatic rings. The molecule has 0 saturated carbocycles. The quantitative estimate of drug-likeness (QED) is 0.883. The number of anilines is 1. The van der Waals surface area contributed by atoms with Crippen LogP contribution >= 0.6 is 11.3 Å². The number of rotatable bonds is 5. The molecule has 23 heavy (non-hydrogen) atoms. The standard InChI is InChI=1S/C18H25N3OS/c1-13-11-20-18(23-13)12-19-14(2)15-3-5-16(6-4-15)21-9-7-17(22)8-10-21/h3-6,11,14,17,19,22H,7-10,12H2,1-2H3. The third kappa shape index (κ3) is 4.31. The van der Waals surface area contributed by atoms with Gasteiger partial charge in [-0.3, -0.25) is 0 Å². The van der Waals surface area contributed by atoms with E-state index in [4.69, 9.17) is 0 Å². The van der Waals surface area contributed by atoms with Crippen molar-refractivity contribution in [2.75, 3.05) is 18.0 Å². The van der Waals surface area contributed by atoms with Crippen LogP contribution < -0.4 is 10.2 Å². The second kappa shape index (κ2) is 7.43. The molecular formula is C18H25N3OS. The van der Waals surface area contributed by atoms with Gasteiger partial charge < -0.3 is 15.3 Å². The molecule has 0 bridgehead atoms. The summed E-state index contributed by atoms with van der Waals surface area (Å²) in [7, 11) is 0. The Morgan fingerprint density at radius 2 is 2.00 bits per heavy atom. The lowest BCUT2D eigenvalue weighted by atomic mass is 10.0. The summed E-state index contributed by atoms with van der Waals surface area (Å²) >= 11 is 1.75. The maximum absolute atomic E-state index is 9.61. The van der Waals surface area contributed by atoms with Crippen LogP contribution in [-0.2, 0) is 6.54 Å². The molecule has 2 heterocycles. The van der Waals surface area contributed by atoms with E-state index in [1.165, 1.54) is 16.1 Å². The van der Waals surface area contributed by atoms with Gasteiger partial charge in [0.05, 0.1) is 6.10 Å². The number of aliphatic hydroxyl groups excluding tert-OH is 1. The second-order valence-corrected chi connectivity index (χ2v) is 7.60. The first-order chi connectivity index (χ1) is 11.1. The number of thiazole rings is 1. The van der Waals surface area contributed by atoms with E-state index in [0.29, 0.717) is 6.04 Å². The number of nitrogens with one attached hydrogen (secondary N) is 1. The zero-order valence-corrected chi connectivity index (χ0v) is 14.6. The molecule has 2 aromatic rings. The van der Waals surface area contributed by atoms with Crippen molar-refractivity contribution < 1.29 is 5.11 Å². The fourth-order valence-corrected chi connectivity index (χ4v) is 3.68. The number of benzene rings is 1. The van der Waals surface area contributed by atoms with Crippen molar-refractivity contribution in [3.8, 4) is 0 Å². The third-order valence-electron chi connectivity index (χ3n) is 4.45. The predicted molar refractivity (Wildman–Crippen MR) is 96.0 cm³/mol. The number of hydrogen-bond acceptors (Lipinski definition) is 5. The fraction of sp³-hybridized carbons (Fsp3) is 0.500. The highest BCUT2D eigenvalue weighted by atomic mass is 32.1. The number of aryl methyl sites for hydroxylation is 1. The van der Waals surface area contributed by atoms with E-state index in [-0.39, 0.29) is 6.10 Å². The lowest BCUT2D eigenvalue weighted by molar-refractivity contribution is 0.145. The smallest absolute Gasteiger partial charge is 0.107 e. The summed E-state index contributed by atoms with van der Waals surface area (Å²) in [6.45, 7) is 6.97. The molecule has 0 spiro atoms. The highest BCUT2D eigenvalue weighted by Gasteiger charge is 2.17. The molecule has 1 aromatic carbocycles. The SMILES string of the molecule is Cc1cnc(CNC(C)c2ccc(N3CCC(O)CC3)cc2)s1. The van der Waals surface area contributed by atoms with E-state index in [0.717, 1.165) is 37.5 Å². The molecule has 1 unspecified atom stereocenters. The Balaban J connectivity index is 1.55. The van der Waals surface area contributed by atoms with Gasteiger partial charge in [-0.25, -0.2) is 4.98 Å². The van der Waals surface area contributed by atoms with Crippen LogP contribution in [0, 0.1) is 6.92 Å². The molecule has 1 fully saturated rings. The van der Waals surface area contributed by atoms with Crippen molar-refractivity contribution in [2.45, 2.75) is 45.4 Å². The van der Waals surface area contributed by atoms with Crippen LogP contribution in [0.15, 0.2) is 30.5 Å². The minimum atomic E-state index is -0.121. The van der Waals surface area contributed by atoms with Crippen LogP contribution in [-0.4, -0.2) is 29.3 Å². The Morgan fingerprint density at radius 3 is 2.61 bits per heavy atom. The maximum Gasteiger partial charge on any atom is 0.107 e. The molecular weight excluding hydrogens is 306 g/mol. The highest BCUT2D eigenvalue weighted by Crippen LogP contribution is 2.23. The number of hydrogen-bond donors (Lipinski definition) is 2. The molecule has 1 aromatic heterocycles. The van der Waals surface area contributed by atoms with Crippen molar-refractivity contribution in [1.29, 1.82) is 0 Å². The Bertz CT molecular complexity index is 617. The van der Waals surface area contributed by atoms with E-state index in [2.05, 4.69) is 53.3 Å². The van der Waals surface area contributed by atoms with Crippen molar-refractivity contribution in [1.82, 2.24) is 10.3 Å². The summed E-state index contributed by atoms with van der Waals surface area (Å²) < 4.78 is 0. The molecule has 5 heteroatoms. The number of aliphatic hydroxyl groups is 1. The van der Waals surface area contributed by atoms with Gasteiger partial charge in [-0.05, 0) is 44.4 Å². The van der Waals surface area contributed by atoms with Gasteiger partial charge in [-0.2, -0.15) is 0 Å². The molecule has 0 aliphatic carbocycles. The summed E-state index contributed by atoms with van der Waals surface area (Å²) in [5.74, 6) is 0. The van der Waals surface area contributed by atoms with Gasteiger partial charge in [0.25, 0.3) is 0 Å². The lowest BCUT2D eigenvalue weighted by Gasteiger charge is -2.31. The molecule has 1 saturated heterocycles. The molecule has 4 nitrogen and oxygen atoms in total. The molecule has 124 valence electrons.